The molecule has 1 heterocycles. The molecule has 2 N–H and O–H groups in total. The lowest BCUT2D eigenvalue weighted by molar-refractivity contribution is 0.0240. The largest absolute Gasteiger partial charge is 0.465 e. The van der Waals surface area contributed by atoms with E-state index in [4.69, 9.17) is 15.2 Å². The predicted octanol–water partition coefficient (Wildman–Crippen LogP) is 2.16. The van der Waals surface area contributed by atoms with Crippen molar-refractivity contribution in [1.29, 1.82) is 0 Å². The number of rotatable bonds is 3. The second-order valence-electron chi connectivity index (χ2n) is 7.29. The molecular weight excluding hydrogens is 348 g/mol. The molecule has 0 unspecified atom stereocenters. The van der Waals surface area contributed by atoms with Crippen LogP contribution in [0.1, 0.15) is 36.7 Å². The minimum atomic E-state index is -0.517. The summed E-state index contributed by atoms with van der Waals surface area (Å²) in [6.45, 7) is 7.88. The lowest BCUT2D eigenvalue weighted by Gasteiger charge is -2.37. The molecule has 0 bridgehead atoms. The number of ether oxygens (including phenoxy) is 2. The fourth-order valence-electron chi connectivity index (χ4n) is 2.91. The molecule has 0 aliphatic carbocycles. The first-order chi connectivity index (χ1) is 12.7. The van der Waals surface area contributed by atoms with Gasteiger partial charge in [-0.25, -0.2) is 9.59 Å². The summed E-state index contributed by atoms with van der Waals surface area (Å²) in [6, 6.07) is 3.49. The number of methoxy groups -OCH3 is 1. The first-order valence-electron chi connectivity index (χ1n) is 8.83. The van der Waals surface area contributed by atoms with Crippen LogP contribution in [0.2, 0.25) is 0 Å². The molecule has 1 fully saturated rings. The van der Waals surface area contributed by atoms with E-state index in [-0.39, 0.29) is 6.09 Å². The monoisotopic (exact) mass is 376 g/mol. The van der Waals surface area contributed by atoms with E-state index >= 15 is 0 Å². The standard InChI is InChI=1S/C19H28N4O4/c1-19(2,3)27-18(25)23-10-8-22(9-11-23)15-7-6-13(17(24)26-5)16(20)14(15)12-21-4/h6-7,12H,8-11,20H2,1-5H3. The van der Waals surface area contributed by atoms with Gasteiger partial charge in [0, 0.05) is 50.7 Å². The van der Waals surface area contributed by atoms with Crippen LogP contribution < -0.4 is 10.6 Å². The van der Waals surface area contributed by atoms with Crippen LogP contribution >= 0.6 is 0 Å². The molecular formula is C19H28N4O4. The van der Waals surface area contributed by atoms with Gasteiger partial charge in [-0.2, -0.15) is 0 Å². The van der Waals surface area contributed by atoms with E-state index in [1.54, 1.807) is 24.2 Å². The number of aliphatic imine (C=N–C) groups is 1. The number of nitrogens with two attached hydrogens (primary N) is 1. The van der Waals surface area contributed by atoms with E-state index in [0.29, 0.717) is 43.0 Å². The molecule has 1 saturated heterocycles. The van der Waals surface area contributed by atoms with Crippen LogP contribution in [0, 0.1) is 0 Å². The second-order valence-corrected chi connectivity index (χ2v) is 7.29. The van der Waals surface area contributed by atoms with Crippen LogP contribution in [0.3, 0.4) is 0 Å². The van der Waals surface area contributed by atoms with E-state index in [0.717, 1.165) is 5.69 Å². The van der Waals surface area contributed by atoms with Gasteiger partial charge < -0.3 is 25.0 Å². The Hall–Kier alpha value is -2.77. The minimum Gasteiger partial charge on any atom is -0.465 e. The Morgan fingerprint density at radius 2 is 1.81 bits per heavy atom. The lowest BCUT2D eigenvalue weighted by Crippen LogP contribution is -2.50. The van der Waals surface area contributed by atoms with Crippen molar-refractivity contribution in [2.45, 2.75) is 26.4 Å². The number of amides is 1. The van der Waals surface area contributed by atoms with Crippen molar-refractivity contribution in [3.05, 3.63) is 23.3 Å². The summed E-state index contributed by atoms with van der Waals surface area (Å²) in [7, 11) is 2.97. The molecule has 148 valence electrons. The molecule has 0 saturated carbocycles. The molecule has 1 amide bonds. The van der Waals surface area contributed by atoms with Gasteiger partial charge in [-0.05, 0) is 32.9 Å². The van der Waals surface area contributed by atoms with Gasteiger partial charge in [-0.1, -0.05) is 0 Å². The number of benzene rings is 1. The van der Waals surface area contributed by atoms with Crippen molar-refractivity contribution in [2.24, 2.45) is 4.99 Å². The van der Waals surface area contributed by atoms with Gasteiger partial charge in [0.25, 0.3) is 0 Å². The number of nitrogens with zero attached hydrogens (tertiary/aromatic N) is 3. The number of hydrogen-bond donors (Lipinski definition) is 1. The van der Waals surface area contributed by atoms with Gasteiger partial charge in [-0.15, -0.1) is 0 Å². The highest BCUT2D eigenvalue weighted by Gasteiger charge is 2.27. The first kappa shape index (κ1) is 20.5. The number of hydrogen-bond acceptors (Lipinski definition) is 7. The molecule has 0 radical (unpaired) electrons. The smallest absolute Gasteiger partial charge is 0.410 e. The SMILES string of the molecule is CN=Cc1c(N2CCN(C(=O)OC(C)(C)C)CC2)ccc(C(=O)OC)c1N. The summed E-state index contributed by atoms with van der Waals surface area (Å²) in [4.78, 5) is 32.0. The van der Waals surface area contributed by atoms with Gasteiger partial charge in [0.1, 0.15) is 5.60 Å². The van der Waals surface area contributed by atoms with Crippen LogP contribution in [-0.2, 0) is 9.47 Å². The van der Waals surface area contributed by atoms with Gasteiger partial charge in [0.05, 0.1) is 18.4 Å². The van der Waals surface area contributed by atoms with Crippen molar-refractivity contribution in [1.82, 2.24) is 4.90 Å². The zero-order chi connectivity index (χ0) is 20.2. The summed E-state index contributed by atoms with van der Waals surface area (Å²) in [5.41, 5.74) is 7.86. The molecule has 0 spiro atoms. The zero-order valence-corrected chi connectivity index (χ0v) is 16.6. The average molecular weight is 376 g/mol. The first-order valence-corrected chi connectivity index (χ1v) is 8.83. The summed E-state index contributed by atoms with van der Waals surface area (Å²) in [6.07, 6.45) is 1.33. The second kappa shape index (κ2) is 8.28. The summed E-state index contributed by atoms with van der Waals surface area (Å²) in [5.74, 6) is -0.487. The van der Waals surface area contributed by atoms with Crippen molar-refractivity contribution < 1.29 is 19.1 Å². The Balaban J connectivity index is 2.19. The van der Waals surface area contributed by atoms with Gasteiger partial charge in [0.2, 0.25) is 0 Å². The predicted molar refractivity (Wildman–Crippen MR) is 106 cm³/mol. The van der Waals surface area contributed by atoms with Gasteiger partial charge in [0.15, 0.2) is 0 Å². The maximum Gasteiger partial charge on any atom is 0.410 e. The highest BCUT2D eigenvalue weighted by molar-refractivity contribution is 6.04. The number of carbonyl (C=O) groups excluding carboxylic acids is 2. The number of nitrogen functional groups attached to an aromatic ring is 1. The molecule has 1 aromatic rings. The Kier molecular flexibility index (Phi) is 6.30. The maximum absolute atomic E-state index is 12.2. The Labute approximate surface area is 159 Å². The minimum absolute atomic E-state index is 0.307. The number of piperazine rings is 1. The van der Waals surface area contributed by atoms with Gasteiger partial charge in [-0.3, -0.25) is 4.99 Å². The summed E-state index contributed by atoms with van der Waals surface area (Å²) < 4.78 is 10.2. The number of esters is 1. The Morgan fingerprint density at radius 1 is 1.19 bits per heavy atom. The van der Waals surface area contributed by atoms with Crippen LogP contribution in [0.15, 0.2) is 17.1 Å². The third-order valence-electron chi connectivity index (χ3n) is 4.20. The Bertz CT molecular complexity index is 732. The summed E-state index contributed by atoms with van der Waals surface area (Å²) in [5, 5.41) is 0. The van der Waals surface area contributed by atoms with Crippen molar-refractivity contribution in [3.8, 4) is 0 Å². The molecule has 8 heteroatoms. The third kappa shape index (κ3) is 4.90. The zero-order valence-electron chi connectivity index (χ0n) is 16.6. The topological polar surface area (TPSA) is 97.5 Å². The third-order valence-corrected chi connectivity index (χ3v) is 4.20. The maximum atomic E-state index is 12.2. The molecule has 1 aliphatic rings. The van der Waals surface area contributed by atoms with E-state index < -0.39 is 11.6 Å². The molecule has 27 heavy (non-hydrogen) atoms. The van der Waals surface area contributed by atoms with Crippen LogP contribution in [0.4, 0.5) is 16.2 Å². The summed E-state index contributed by atoms with van der Waals surface area (Å²) >= 11 is 0. The van der Waals surface area contributed by atoms with E-state index in [1.165, 1.54) is 7.11 Å². The molecule has 1 aromatic carbocycles. The van der Waals surface area contributed by atoms with Crippen LogP contribution in [-0.4, -0.2) is 69.1 Å². The quantitative estimate of drug-likeness (QED) is 0.493. The molecule has 1 aliphatic heterocycles. The molecule has 0 aromatic heterocycles. The van der Waals surface area contributed by atoms with Crippen LogP contribution in [0.5, 0.6) is 0 Å². The fraction of sp³-hybridized carbons (Fsp3) is 0.526. The highest BCUT2D eigenvalue weighted by atomic mass is 16.6. The van der Waals surface area contributed by atoms with Crippen molar-refractivity contribution in [2.75, 3.05) is 51.0 Å². The van der Waals surface area contributed by atoms with Crippen LogP contribution in [0.25, 0.3) is 0 Å². The lowest BCUT2D eigenvalue weighted by atomic mass is 10.0. The number of carbonyl (C=O) groups is 2. The molecule has 8 nitrogen and oxygen atoms in total. The fourth-order valence-corrected chi connectivity index (χ4v) is 2.91. The van der Waals surface area contributed by atoms with E-state index in [1.807, 2.05) is 26.8 Å². The normalized spacial score (nSPS) is 15.1. The van der Waals surface area contributed by atoms with Gasteiger partial charge >= 0.3 is 12.1 Å². The Morgan fingerprint density at radius 3 is 2.33 bits per heavy atom. The van der Waals surface area contributed by atoms with Crippen molar-refractivity contribution in [3.63, 3.8) is 0 Å². The molecule has 2 rings (SSSR count). The average Bonchev–Trinajstić information content (AvgIpc) is 2.61. The highest BCUT2D eigenvalue weighted by Crippen LogP contribution is 2.29. The number of anilines is 2. The van der Waals surface area contributed by atoms with E-state index in [2.05, 4.69) is 9.89 Å². The molecule has 0 atom stereocenters. The van der Waals surface area contributed by atoms with E-state index in [9.17, 15) is 9.59 Å². The van der Waals surface area contributed by atoms with Crippen molar-refractivity contribution >= 4 is 29.7 Å².